The van der Waals surface area contributed by atoms with Gasteiger partial charge in [0.2, 0.25) is 0 Å². The second-order valence-corrected chi connectivity index (χ2v) is 6.80. The molecule has 0 unspecified atom stereocenters. The molecule has 0 saturated carbocycles. The van der Waals surface area contributed by atoms with Crippen LogP contribution < -0.4 is 0 Å². The number of hydrogen-bond acceptors (Lipinski definition) is 3. The summed E-state index contributed by atoms with van der Waals surface area (Å²) in [6.07, 6.45) is 9.03. The number of rotatable bonds is 3. The normalized spacial score (nSPS) is 18.0. The van der Waals surface area contributed by atoms with Crippen LogP contribution in [0.5, 0.6) is 0 Å². The number of benzene rings is 1. The van der Waals surface area contributed by atoms with Gasteiger partial charge >= 0.3 is 0 Å². The van der Waals surface area contributed by atoms with Crippen LogP contribution in [0.4, 0.5) is 0 Å². The molecular formula is C17H18N4S. The van der Waals surface area contributed by atoms with Crippen LogP contribution in [0.15, 0.2) is 49.1 Å². The van der Waals surface area contributed by atoms with Gasteiger partial charge in [0, 0.05) is 42.1 Å². The van der Waals surface area contributed by atoms with Crippen LogP contribution in [0.1, 0.15) is 18.0 Å². The van der Waals surface area contributed by atoms with Gasteiger partial charge in [-0.1, -0.05) is 11.6 Å². The molecule has 22 heavy (non-hydrogen) atoms. The lowest BCUT2D eigenvalue weighted by Crippen LogP contribution is -2.10. The van der Waals surface area contributed by atoms with E-state index in [9.17, 15) is 0 Å². The summed E-state index contributed by atoms with van der Waals surface area (Å²) >= 11 is 2.02. The standard InChI is InChI=1S/C17H18N4S/c1-13-3-4-16(21-8-2-6-19-21)15(11-13)17-18-7-9-20(17)14-5-10-22-12-14/h2-4,6-9,11,14H,5,10,12H2,1H3/t14-/m0/s1. The Balaban J connectivity index is 1.86. The topological polar surface area (TPSA) is 35.6 Å². The largest absolute Gasteiger partial charge is 0.327 e. The highest BCUT2D eigenvalue weighted by atomic mass is 32.2. The van der Waals surface area contributed by atoms with Crippen molar-refractivity contribution in [2.24, 2.45) is 0 Å². The Hall–Kier alpha value is -2.01. The van der Waals surface area contributed by atoms with Gasteiger partial charge < -0.3 is 4.57 Å². The van der Waals surface area contributed by atoms with Crippen molar-refractivity contribution >= 4 is 11.8 Å². The summed E-state index contributed by atoms with van der Waals surface area (Å²) in [5.41, 5.74) is 3.46. The average molecular weight is 310 g/mol. The van der Waals surface area contributed by atoms with Crippen molar-refractivity contribution in [1.29, 1.82) is 0 Å². The van der Waals surface area contributed by atoms with E-state index in [1.54, 1.807) is 0 Å². The average Bonchev–Trinajstić information content (AvgIpc) is 3.27. The Labute approximate surface area is 134 Å². The Kier molecular flexibility index (Phi) is 3.50. The molecular weight excluding hydrogens is 292 g/mol. The SMILES string of the molecule is Cc1ccc(-n2cccn2)c(-c2nccn2[C@H]2CCSC2)c1. The first kappa shape index (κ1) is 13.6. The smallest absolute Gasteiger partial charge is 0.142 e. The van der Waals surface area contributed by atoms with Gasteiger partial charge in [-0.2, -0.15) is 16.9 Å². The van der Waals surface area contributed by atoms with E-state index < -0.39 is 0 Å². The van der Waals surface area contributed by atoms with Crippen molar-refractivity contribution < 1.29 is 0 Å². The maximum absolute atomic E-state index is 4.66. The number of nitrogens with zero attached hydrogens (tertiary/aromatic N) is 4. The molecule has 1 aliphatic heterocycles. The van der Waals surface area contributed by atoms with Gasteiger partial charge in [0.15, 0.2) is 0 Å². The van der Waals surface area contributed by atoms with E-state index in [2.05, 4.69) is 46.0 Å². The maximum atomic E-state index is 4.66. The molecule has 4 nitrogen and oxygen atoms in total. The summed E-state index contributed by atoms with van der Waals surface area (Å²) in [6.45, 7) is 2.12. The summed E-state index contributed by atoms with van der Waals surface area (Å²) in [7, 11) is 0. The molecule has 0 N–H and O–H groups in total. The van der Waals surface area contributed by atoms with E-state index in [4.69, 9.17) is 0 Å². The second kappa shape index (κ2) is 5.65. The van der Waals surface area contributed by atoms with Crippen LogP contribution in [-0.4, -0.2) is 30.8 Å². The van der Waals surface area contributed by atoms with Gasteiger partial charge in [-0.25, -0.2) is 9.67 Å². The first-order valence-corrected chi connectivity index (χ1v) is 8.70. The molecule has 0 aliphatic carbocycles. The van der Waals surface area contributed by atoms with Crippen LogP contribution in [0, 0.1) is 6.92 Å². The molecule has 1 atom stereocenters. The lowest BCUT2D eigenvalue weighted by atomic mass is 10.1. The molecule has 5 heteroatoms. The van der Waals surface area contributed by atoms with Gasteiger partial charge in [-0.3, -0.25) is 0 Å². The number of hydrogen-bond donors (Lipinski definition) is 0. The molecule has 1 aromatic carbocycles. The first-order valence-electron chi connectivity index (χ1n) is 7.54. The first-order chi connectivity index (χ1) is 10.8. The molecule has 2 aromatic heterocycles. The van der Waals surface area contributed by atoms with Crippen molar-refractivity contribution in [2.45, 2.75) is 19.4 Å². The van der Waals surface area contributed by atoms with Gasteiger partial charge in [0.05, 0.1) is 5.69 Å². The zero-order valence-corrected chi connectivity index (χ0v) is 13.3. The summed E-state index contributed by atoms with van der Waals surface area (Å²) in [5.74, 6) is 3.45. The fourth-order valence-electron chi connectivity index (χ4n) is 3.00. The third-order valence-electron chi connectivity index (χ3n) is 4.11. The van der Waals surface area contributed by atoms with Gasteiger partial charge in [-0.15, -0.1) is 0 Å². The third kappa shape index (κ3) is 2.35. The predicted octanol–water partition coefficient (Wildman–Crippen LogP) is 3.72. The van der Waals surface area contributed by atoms with Crippen molar-refractivity contribution in [3.05, 3.63) is 54.6 Å². The van der Waals surface area contributed by atoms with E-state index in [-0.39, 0.29) is 0 Å². The minimum atomic E-state index is 0.550. The van der Waals surface area contributed by atoms with Gasteiger partial charge in [0.25, 0.3) is 0 Å². The summed E-state index contributed by atoms with van der Waals surface area (Å²) in [5, 5.41) is 4.39. The fourth-order valence-corrected chi connectivity index (χ4v) is 4.20. The second-order valence-electron chi connectivity index (χ2n) is 5.65. The molecule has 112 valence electrons. The van der Waals surface area contributed by atoms with E-state index in [0.29, 0.717) is 6.04 Å². The summed E-state index contributed by atoms with van der Waals surface area (Å²) < 4.78 is 4.25. The summed E-state index contributed by atoms with van der Waals surface area (Å²) in [6, 6.07) is 8.95. The maximum Gasteiger partial charge on any atom is 0.142 e. The Morgan fingerprint density at radius 1 is 1.23 bits per heavy atom. The van der Waals surface area contributed by atoms with Crippen molar-refractivity contribution in [1.82, 2.24) is 19.3 Å². The number of aromatic nitrogens is 4. The number of aryl methyl sites for hydroxylation is 1. The number of thioether (sulfide) groups is 1. The lowest BCUT2D eigenvalue weighted by molar-refractivity contribution is 0.565. The quantitative estimate of drug-likeness (QED) is 0.739. The predicted molar refractivity (Wildman–Crippen MR) is 90.5 cm³/mol. The molecule has 1 aliphatic rings. The molecule has 3 aromatic rings. The molecule has 1 fully saturated rings. The van der Waals surface area contributed by atoms with Gasteiger partial charge in [0.1, 0.15) is 5.82 Å². The van der Waals surface area contributed by atoms with Crippen LogP contribution in [0.2, 0.25) is 0 Å². The monoisotopic (exact) mass is 310 g/mol. The lowest BCUT2D eigenvalue weighted by Gasteiger charge is -2.17. The van der Waals surface area contributed by atoms with E-state index in [0.717, 1.165) is 17.1 Å². The van der Waals surface area contributed by atoms with Gasteiger partial charge in [-0.05, 0) is 37.3 Å². The highest BCUT2D eigenvalue weighted by Gasteiger charge is 2.22. The van der Waals surface area contributed by atoms with Crippen LogP contribution in [-0.2, 0) is 0 Å². The minimum absolute atomic E-state index is 0.550. The Bertz CT molecular complexity index is 770. The zero-order chi connectivity index (χ0) is 14.9. The zero-order valence-electron chi connectivity index (χ0n) is 12.5. The summed E-state index contributed by atoms with van der Waals surface area (Å²) in [4.78, 5) is 4.66. The van der Waals surface area contributed by atoms with E-state index in [1.165, 1.54) is 23.5 Å². The molecule has 3 heterocycles. The Morgan fingerprint density at radius 3 is 2.95 bits per heavy atom. The molecule has 0 amide bonds. The molecule has 0 spiro atoms. The molecule has 1 saturated heterocycles. The van der Waals surface area contributed by atoms with Crippen LogP contribution in [0.3, 0.4) is 0 Å². The Morgan fingerprint density at radius 2 is 2.18 bits per heavy atom. The van der Waals surface area contributed by atoms with E-state index in [1.807, 2.05) is 41.1 Å². The highest BCUT2D eigenvalue weighted by molar-refractivity contribution is 7.99. The van der Waals surface area contributed by atoms with Crippen molar-refractivity contribution in [3.8, 4) is 17.1 Å². The van der Waals surface area contributed by atoms with Crippen molar-refractivity contribution in [3.63, 3.8) is 0 Å². The molecule has 0 radical (unpaired) electrons. The van der Waals surface area contributed by atoms with Crippen LogP contribution >= 0.6 is 11.8 Å². The van der Waals surface area contributed by atoms with Crippen LogP contribution in [0.25, 0.3) is 17.1 Å². The molecule has 0 bridgehead atoms. The fraction of sp³-hybridized carbons (Fsp3) is 0.294. The molecule has 4 rings (SSSR count). The minimum Gasteiger partial charge on any atom is -0.327 e. The third-order valence-corrected chi connectivity index (χ3v) is 5.26. The van der Waals surface area contributed by atoms with Crippen molar-refractivity contribution in [2.75, 3.05) is 11.5 Å². The highest BCUT2D eigenvalue weighted by Crippen LogP contribution is 2.33. The number of imidazole rings is 1. The van der Waals surface area contributed by atoms with E-state index >= 15 is 0 Å².